The second kappa shape index (κ2) is 7.20. The zero-order valence-corrected chi connectivity index (χ0v) is 14.0. The molecule has 0 atom stereocenters. The molecular formula is C21H16F4O. The highest BCUT2D eigenvalue weighted by molar-refractivity contribution is 5.64. The van der Waals surface area contributed by atoms with Crippen molar-refractivity contribution in [3.05, 3.63) is 88.5 Å². The lowest BCUT2D eigenvalue weighted by atomic mass is 9.97. The van der Waals surface area contributed by atoms with Gasteiger partial charge in [-0.1, -0.05) is 18.2 Å². The molecule has 0 aliphatic rings. The fraction of sp³-hybridized carbons (Fsp3) is 0.143. The van der Waals surface area contributed by atoms with Crippen molar-refractivity contribution < 1.29 is 22.7 Å². The third kappa shape index (κ3) is 3.57. The molecule has 5 heteroatoms. The maximum absolute atomic E-state index is 14.1. The molecule has 0 saturated carbocycles. The van der Waals surface area contributed by atoms with Crippen LogP contribution in [-0.4, -0.2) is 5.11 Å². The molecule has 3 aromatic carbocycles. The van der Waals surface area contributed by atoms with Gasteiger partial charge in [0, 0.05) is 5.56 Å². The summed E-state index contributed by atoms with van der Waals surface area (Å²) in [5.74, 6) is -3.33. The van der Waals surface area contributed by atoms with Crippen molar-refractivity contribution in [3.8, 4) is 16.9 Å². The van der Waals surface area contributed by atoms with Gasteiger partial charge in [-0.15, -0.1) is 0 Å². The Kier molecular flexibility index (Phi) is 4.98. The van der Waals surface area contributed by atoms with Gasteiger partial charge in [-0.3, -0.25) is 0 Å². The third-order valence-corrected chi connectivity index (χ3v) is 4.30. The topological polar surface area (TPSA) is 20.2 Å². The van der Waals surface area contributed by atoms with Crippen LogP contribution in [0.2, 0.25) is 0 Å². The Balaban J connectivity index is 1.91. The van der Waals surface area contributed by atoms with E-state index in [1.54, 1.807) is 12.1 Å². The van der Waals surface area contributed by atoms with Crippen molar-refractivity contribution >= 4 is 0 Å². The minimum absolute atomic E-state index is 0.0335. The zero-order chi connectivity index (χ0) is 18.8. The van der Waals surface area contributed by atoms with E-state index in [0.717, 1.165) is 6.07 Å². The van der Waals surface area contributed by atoms with Gasteiger partial charge in [-0.05, 0) is 72.4 Å². The van der Waals surface area contributed by atoms with E-state index < -0.39 is 29.0 Å². The Labute approximate surface area is 148 Å². The monoisotopic (exact) mass is 360 g/mol. The Morgan fingerprint density at radius 3 is 2.27 bits per heavy atom. The number of benzene rings is 3. The number of halogens is 4. The van der Waals surface area contributed by atoms with E-state index in [2.05, 4.69) is 0 Å². The van der Waals surface area contributed by atoms with Gasteiger partial charge in [-0.2, -0.15) is 0 Å². The quantitative estimate of drug-likeness (QED) is 0.591. The molecular weight excluding hydrogens is 344 g/mol. The molecule has 0 saturated heterocycles. The lowest BCUT2D eigenvalue weighted by molar-refractivity contribution is 0.420. The number of aryl methyl sites for hydroxylation is 2. The van der Waals surface area contributed by atoms with Gasteiger partial charge in [0.15, 0.2) is 11.6 Å². The van der Waals surface area contributed by atoms with Gasteiger partial charge in [-0.25, -0.2) is 17.6 Å². The third-order valence-electron chi connectivity index (χ3n) is 4.30. The lowest BCUT2D eigenvalue weighted by Gasteiger charge is -2.11. The minimum Gasteiger partial charge on any atom is -0.505 e. The van der Waals surface area contributed by atoms with Gasteiger partial charge >= 0.3 is 0 Å². The summed E-state index contributed by atoms with van der Waals surface area (Å²) in [4.78, 5) is 0. The van der Waals surface area contributed by atoms with Crippen LogP contribution >= 0.6 is 0 Å². The van der Waals surface area contributed by atoms with E-state index in [1.807, 2.05) is 0 Å². The predicted octanol–water partition coefficient (Wildman–Crippen LogP) is 5.71. The number of phenols is 1. The van der Waals surface area contributed by atoms with E-state index >= 15 is 0 Å². The van der Waals surface area contributed by atoms with Crippen LogP contribution in [0, 0.1) is 30.2 Å². The van der Waals surface area contributed by atoms with Crippen LogP contribution in [0.5, 0.6) is 5.75 Å². The summed E-state index contributed by atoms with van der Waals surface area (Å²) >= 11 is 0. The highest BCUT2D eigenvalue weighted by Gasteiger charge is 2.17. The summed E-state index contributed by atoms with van der Waals surface area (Å²) in [6.45, 7) is 1.42. The minimum atomic E-state index is -1.03. The molecule has 0 amide bonds. The van der Waals surface area contributed by atoms with Crippen LogP contribution in [0.25, 0.3) is 11.1 Å². The summed E-state index contributed by atoms with van der Waals surface area (Å²) in [6, 6.07) is 11.2. The molecule has 0 aromatic heterocycles. The second-order valence-electron chi connectivity index (χ2n) is 6.14. The van der Waals surface area contributed by atoms with Crippen LogP contribution in [0.1, 0.15) is 16.7 Å². The number of hydrogen-bond acceptors (Lipinski definition) is 1. The zero-order valence-electron chi connectivity index (χ0n) is 14.0. The molecule has 0 bridgehead atoms. The molecule has 0 aliphatic heterocycles. The van der Waals surface area contributed by atoms with Crippen molar-refractivity contribution in [2.75, 3.05) is 0 Å². The molecule has 3 rings (SSSR count). The first-order valence-corrected chi connectivity index (χ1v) is 8.07. The first kappa shape index (κ1) is 18.0. The predicted molar refractivity (Wildman–Crippen MR) is 92.0 cm³/mol. The Morgan fingerprint density at radius 2 is 1.54 bits per heavy atom. The summed E-state index contributed by atoms with van der Waals surface area (Å²) < 4.78 is 55.7. The molecule has 0 radical (unpaired) electrons. The van der Waals surface area contributed by atoms with Crippen LogP contribution in [0.4, 0.5) is 17.6 Å². The van der Waals surface area contributed by atoms with Crippen LogP contribution in [0.3, 0.4) is 0 Å². The summed E-state index contributed by atoms with van der Waals surface area (Å²) in [5, 5.41) is 9.52. The molecule has 1 nitrogen and oxygen atoms in total. The van der Waals surface area contributed by atoms with E-state index in [9.17, 15) is 22.7 Å². The number of rotatable bonds is 4. The van der Waals surface area contributed by atoms with Gasteiger partial charge in [0.2, 0.25) is 0 Å². The first-order valence-electron chi connectivity index (χ1n) is 8.07. The fourth-order valence-corrected chi connectivity index (χ4v) is 2.91. The summed E-state index contributed by atoms with van der Waals surface area (Å²) in [5.41, 5.74) is 1.28. The van der Waals surface area contributed by atoms with Crippen molar-refractivity contribution in [2.24, 2.45) is 0 Å². The molecule has 0 heterocycles. The Bertz CT molecular complexity index is 940. The van der Waals surface area contributed by atoms with E-state index in [-0.39, 0.29) is 29.5 Å². The number of hydrogen-bond donors (Lipinski definition) is 1. The first-order chi connectivity index (χ1) is 12.4. The highest BCUT2D eigenvalue weighted by atomic mass is 19.1. The van der Waals surface area contributed by atoms with E-state index in [1.165, 1.54) is 37.3 Å². The molecule has 1 N–H and O–H groups in total. The molecule has 3 aromatic rings. The fourth-order valence-electron chi connectivity index (χ4n) is 2.91. The Morgan fingerprint density at radius 1 is 0.808 bits per heavy atom. The van der Waals surface area contributed by atoms with E-state index in [4.69, 9.17) is 0 Å². The maximum atomic E-state index is 14.1. The second-order valence-corrected chi connectivity index (χ2v) is 6.14. The largest absolute Gasteiger partial charge is 0.505 e. The highest BCUT2D eigenvalue weighted by Crippen LogP contribution is 2.28. The van der Waals surface area contributed by atoms with Gasteiger partial charge in [0.1, 0.15) is 17.5 Å². The molecule has 134 valence electrons. The number of phenolic OH excluding ortho intramolecular Hbond substituents is 1. The molecule has 0 fully saturated rings. The maximum Gasteiger partial charge on any atom is 0.170 e. The summed E-state index contributed by atoms with van der Waals surface area (Å²) in [6.07, 6.45) is -0.0812. The van der Waals surface area contributed by atoms with Gasteiger partial charge < -0.3 is 5.11 Å². The van der Waals surface area contributed by atoms with Crippen LogP contribution < -0.4 is 0 Å². The molecule has 0 spiro atoms. The lowest BCUT2D eigenvalue weighted by Crippen LogP contribution is -2.03. The smallest absolute Gasteiger partial charge is 0.170 e. The summed E-state index contributed by atoms with van der Waals surface area (Å²) in [7, 11) is 0. The number of aromatic hydroxyl groups is 1. The normalized spacial score (nSPS) is 11.0. The van der Waals surface area contributed by atoms with Crippen molar-refractivity contribution in [3.63, 3.8) is 0 Å². The molecule has 26 heavy (non-hydrogen) atoms. The SMILES string of the molecule is Cc1cc(O)c(F)c(CCc2cc(-c3cccc(F)c3)ccc2F)c1F. The van der Waals surface area contributed by atoms with Gasteiger partial charge in [0.05, 0.1) is 0 Å². The standard InChI is InChI=1S/C21H16F4O/c1-12-9-19(26)21(25)17(20(12)24)7-5-15-10-14(6-8-18(15)23)13-3-2-4-16(22)11-13/h2-4,6,8-11,26H,5,7H2,1H3. The molecule has 0 aliphatic carbocycles. The van der Waals surface area contributed by atoms with Crippen molar-refractivity contribution in [1.82, 2.24) is 0 Å². The molecule has 0 unspecified atom stereocenters. The van der Waals surface area contributed by atoms with Gasteiger partial charge in [0.25, 0.3) is 0 Å². The van der Waals surface area contributed by atoms with Crippen molar-refractivity contribution in [1.29, 1.82) is 0 Å². The Hall–Kier alpha value is -2.82. The van der Waals surface area contributed by atoms with Crippen LogP contribution in [-0.2, 0) is 12.8 Å². The van der Waals surface area contributed by atoms with Crippen LogP contribution in [0.15, 0.2) is 48.5 Å². The van der Waals surface area contributed by atoms with Crippen molar-refractivity contribution in [2.45, 2.75) is 19.8 Å². The van der Waals surface area contributed by atoms with E-state index in [0.29, 0.717) is 11.1 Å². The average molecular weight is 360 g/mol. The average Bonchev–Trinajstić information content (AvgIpc) is 2.61.